The number of nitrogens with zero attached hydrogens (tertiary/aromatic N) is 2. The molecule has 5 rings (SSSR count). The van der Waals surface area contributed by atoms with E-state index in [-0.39, 0.29) is 5.75 Å². The van der Waals surface area contributed by atoms with Gasteiger partial charge in [0.2, 0.25) is 0 Å². The van der Waals surface area contributed by atoms with E-state index in [1.165, 1.54) is 19.3 Å². The van der Waals surface area contributed by atoms with Crippen LogP contribution < -0.4 is 14.2 Å². The van der Waals surface area contributed by atoms with Crippen molar-refractivity contribution in [1.29, 1.82) is 0 Å². The van der Waals surface area contributed by atoms with Gasteiger partial charge in [-0.3, -0.25) is 4.90 Å². The number of fused-ring (bicyclic) bond motifs is 5. The van der Waals surface area contributed by atoms with Gasteiger partial charge in [0.25, 0.3) is 0 Å². The zero-order chi connectivity index (χ0) is 20.7. The molecule has 3 aliphatic rings. The molecule has 6 heteroatoms. The molecule has 0 atom stereocenters. The number of allylic oxidation sites excluding steroid dienone is 1. The first kappa shape index (κ1) is 19.0. The van der Waals surface area contributed by atoms with E-state index in [1.807, 2.05) is 30.3 Å². The molecule has 156 valence electrons. The third-order valence-corrected chi connectivity index (χ3v) is 6.10. The minimum atomic E-state index is 0.155. The Hall–Kier alpha value is -2.99. The van der Waals surface area contributed by atoms with E-state index in [4.69, 9.17) is 19.2 Å². The Morgan fingerprint density at radius 2 is 1.77 bits per heavy atom. The molecule has 1 saturated heterocycles. The van der Waals surface area contributed by atoms with E-state index < -0.39 is 0 Å². The smallest absolute Gasteiger partial charge is 0.167 e. The largest absolute Gasteiger partial charge is 0.504 e. The Kier molecular flexibility index (Phi) is 4.87. The number of likely N-dealkylation sites (tertiary alicyclic amines) is 1. The number of aromatic hydroxyl groups is 1. The lowest BCUT2D eigenvalue weighted by Crippen LogP contribution is -2.33. The van der Waals surface area contributed by atoms with Crippen molar-refractivity contribution in [2.24, 2.45) is 4.99 Å². The highest BCUT2D eigenvalue weighted by molar-refractivity contribution is 6.43. The molecule has 0 unspecified atom stereocenters. The van der Waals surface area contributed by atoms with Gasteiger partial charge in [-0.15, -0.1) is 0 Å². The second kappa shape index (κ2) is 7.69. The van der Waals surface area contributed by atoms with E-state index in [0.29, 0.717) is 23.9 Å². The fourth-order valence-corrected chi connectivity index (χ4v) is 4.52. The molecule has 6 nitrogen and oxygen atoms in total. The van der Waals surface area contributed by atoms with Crippen LogP contribution in [0.3, 0.4) is 0 Å². The third kappa shape index (κ3) is 3.12. The highest BCUT2D eigenvalue weighted by Crippen LogP contribution is 2.51. The summed E-state index contributed by atoms with van der Waals surface area (Å²) in [5, 5.41) is 11.0. The topological polar surface area (TPSA) is 63.5 Å². The van der Waals surface area contributed by atoms with Crippen LogP contribution in [0.25, 0.3) is 11.6 Å². The van der Waals surface area contributed by atoms with Crippen molar-refractivity contribution < 1.29 is 19.3 Å². The van der Waals surface area contributed by atoms with Crippen LogP contribution in [0.2, 0.25) is 0 Å². The van der Waals surface area contributed by atoms with E-state index in [9.17, 15) is 5.11 Å². The molecule has 2 heterocycles. The van der Waals surface area contributed by atoms with Gasteiger partial charge in [-0.25, -0.2) is 4.99 Å². The lowest BCUT2D eigenvalue weighted by atomic mass is 10.0. The maximum absolute atomic E-state index is 11.0. The van der Waals surface area contributed by atoms with Crippen LogP contribution in [0.4, 0.5) is 5.69 Å². The first-order chi connectivity index (χ1) is 14.7. The number of piperidine rings is 1. The summed E-state index contributed by atoms with van der Waals surface area (Å²) < 4.78 is 16.8. The zero-order valence-corrected chi connectivity index (χ0v) is 17.4. The number of ether oxygens (including phenoxy) is 3. The van der Waals surface area contributed by atoms with Crippen LogP contribution in [-0.4, -0.2) is 56.2 Å². The summed E-state index contributed by atoms with van der Waals surface area (Å²) in [6.45, 7) is 3.71. The monoisotopic (exact) mass is 406 g/mol. The number of methoxy groups -OCH3 is 2. The van der Waals surface area contributed by atoms with Crippen molar-refractivity contribution in [3.63, 3.8) is 0 Å². The number of benzene rings is 2. The van der Waals surface area contributed by atoms with Crippen molar-refractivity contribution in [3.05, 3.63) is 41.0 Å². The Morgan fingerprint density at radius 1 is 1.00 bits per heavy atom. The van der Waals surface area contributed by atoms with Gasteiger partial charge >= 0.3 is 0 Å². The zero-order valence-electron chi connectivity index (χ0n) is 17.4. The molecule has 2 aromatic rings. The predicted molar refractivity (Wildman–Crippen MR) is 118 cm³/mol. The standard InChI is InChI=1S/C24H26N2O4/c1-28-20-13-15-12-17-22-18(25-23(17)16(15)14-21(20)29-2)6-7-19(24(22)27)30-11-10-26-8-4-3-5-9-26/h6-7,12-14,27H,3-5,8-11H2,1-2H3. The molecule has 0 aromatic heterocycles. The SMILES string of the molecule is COc1cc2c(cc1OC)C1=Nc3ccc(OCCN4CCCCC4)c(O)c3C1=C2. The Bertz CT molecular complexity index is 1050. The predicted octanol–water partition coefficient (Wildman–Crippen LogP) is 4.26. The number of aliphatic imine (C=N–C) groups is 1. The van der Waals surface area contributed by atoms with E-state index in [2.05, 4.69) is 4.90 Å². The second-order valence-corrected chi connectivity index (χ2v) is 7.87. The van der Waals surface area contributed by atoms with Gasteiger partial charge in [0, 0.05) is 17.7 Å². The van der Waals surface area contributed by atoms with Gasteiger partial charge in [-0.2, -0.15) is 0 Å². The summed E-state index contributed by atoms with van der Waals surface area (Å²) in [6, 6.07) is 7.61. The molecule has 0 radical (unpaired) electrons. The second-order valence-electron chi connectivity index (χ2n) is 7.87. The average molecular weight is 406 g/mol. The lowest BCUT2D eigenvalue weighted by Gasteiger charge is -2.26. The highest BCUT2D eigenvalue weighted by atomic mass is 16.5. The third-order valence-electron chi connectivity index (χ3n) is 6.10. The molecular formula is C24H26N2O4. The van der Waals surface area contributed by atoms with Crippen LogP contribution in [0.5, 0.6) is 23.0 Å². The summed E-state index contributed by atoms with van der Waals surface area (Å²) in [7, 11) is 3.25. The summed E-state index contributed by atoms with van der Waals surface area (Å²) >= 11 is 0. The Balaban J connectivity index is 1.39. The summed E-state index contributed by atoms with van der Waals surface area (Å²) in [4.78, 5) is 7.19. The fraction of sp³-hybridized carbons (Fsp3) is 0.375. The van der Waals surface area contributed by atoms with E-state index in [0.717, 1.165) is 53.3 Å². The Labute approximate surface area is 176 Å². The van der Waals surface area contributed by atoms with Crippen molar-refractivity contribution in [2.75, 3.05) is 40.5 Å². The first-order valence-electron chi connectivity index (χ1n) is 10.5. The van der Waals surface area contributed by atoms with E-state index >= 15 is 0 Å². The average Bonchev–Trinajstić information content (AvgIpc) is 3.30. The molecule has 2 aromatic carbocycles. The molecule has 0 amide bonds. The summed E-state index contributed by atoms with van der Waals surface area (Å²) in [5.41, 5.74) is 5.23. The lowest BCUT2D eigenvalue weighted by molar-refractivity contribution is 0.181. The van der Waals surface area contributed by atoms with Crippen LogP contribution in [-0.2, 0) is 0 Å². The highest BCUT2D eigenvalue weighted by Gasteiger charge is 2.33. The maximum atomic E-state index is 11.0. The normalized spacial score (nSPS) is 17.0. The molecule has 30 heavy (non-hydrogen) atoms. The van der Waals surface area contributed by atoms with Gasteiger partial charge in [-0.1, -0.05) is 6.42 Å². The molecule has 0 bridgehead atoms. The molecule has 0 spiro atoms. The molecule has 0 saturated carbocycles. The minimum Gasteiger partial charge on any atom is -0.504 e. The number of phenols is 1. The van der Waals surface area contributed by atoms with Gasteiger partial charge in [0.05, 0.1) is 31.2 Å². The maximum Gasteiger partial charge on any atom is 0.167 e. The van der Waals surface area contributed by atoms with Crippen molar-refractivity contribution in [1.82, 2.24) is 4.90 Å². The van der Waals surface area contributed by atoms with Crippen LogP contribution >= 0.6 is 0 Å². The van der Waals surface area contributed by atoms with Crippen LogP contribution in [0, 0.1) is 0 Å². The van der Waals surface area contributed by atoms with Gasteiger partial charge in [0.15, 0.2) is 23.0 Å². The van der Waals surface area contributed by atoms with Crippen LogP contribution in [0.15, 0.2) is 29.3 Å². The van der Waals surface area contributed by atoms with Gasteiger partial charge in [-0.05, 0) is 61.8 Å². The molecule has 1 fully saturated rings. The molecular weight excluding hydrogens is 380 g/mol. The minimum absolute atomic E-state index is 0.155. The summed E-state index contributed by atoms with van der Waals surface area (Å²) in [6.07, 6.45) is 5.88. The number of hydrogen-bond acceptors (Lipinski definition) is 6. The molecule has 1 N–H and O–H groups in total. The quantitative estimate of drug-likeness (QED) is 0.777. The number of rotatable bonds is 6. The fourth-order valence-electron chi connectivity index (χ4n) is 4.52. The van der Waals surface area contributed by atoms with E-state index in [1.54, 1.807) is 14.2 Å². The van der Waals surface area contributed by atoms with Gasteiger partial charge in [0.1, 0.15) is 6.61 Å². The van der Waals surface area contributed by atoms with Crippen molar-refractivity contribution in [2.45, 2.75) is 19.3 Å². The molecule has 1 aliphatic carbocycles. The summed E-state index contributed by atoms with van der Waals surface area (Å²) in [5.74, 6) is 2.00. The number of hydrogen-bond donors (Lipinski definition) is 1. The number of phenolic OH excluding ortho intramolecular Hbond substituents is 1. The first-order valence-corrected chi connectivity index (χ1v) is 10.5. The molecule has 2 aliphatic heterocycles. The van der Waals surface area contributed by atoms with Crippen molar-refractivity contribution >= 4 is 23.0 Å². The Morgan fingerprint density at radius 3 is 2.53 bits per heavy atom. The van der Waals surface area contributed by atoms with Crippen LogP contribution in [0.1, 0.15) is 36.0 Å². The van der Waals surface area contributed by atoms with Crippen molar-refractivity contribution in [3.8, 4) is 23.0 Å². The van der Waals surface area contributed by atoms with Gasteiger partial charge < -0.3 is 19.3 Å².